The Morgan fingerprint density at radius 1 is 0.882 bits per heavy atom. The summed E-state index contributed by atoms with van der Waals surface area (Å²) in [4.78, 5) is 28.9. The van der Waals surface area contributed by atoms with Gasteiger partial charge in [0.05, 0.1) is 6.42 Å². The van der Waals surface area contributed by atoms with Crippen molar-refractivity contribution in [1.29, 1.82) is 0 Å². The summed E-state index contributed by atoms with van der Waals surface area (Å²) in [5.41, 5.74) is 4.02. The lowest BCUT2D eigenvalue weighted by molar-refractivity contribution is -0.141. The first-order valence-electron chi connectivity index (χ1n) is 11.8. The summed E-state index contributed by atoms with van der Waals surface area (Å²) < 4.78 is 0. The lowest BCUT2D eigenvalue weighted by atomic mass is 10.0. The van der Waals surface area contributed by atoms with E-state index in [9.17, 15) is 9.59 Å². The van der Waals surface area contributed by atoms with Crippen molar-refractivity contribution < 1.29 is 9.59 Å². The predicted octanol–water partition coefficient (Wildman–Crippen LogP) is 5.75. The van der Waals surface area contributed by atoms with Crippen molar-refractivity contribution in [3.05, 3.63) is 106 Å². The van der Waals surface area contributed by atoms with Crippen LogP contribution in [0, 0.1) is 6.92 Å². The summed E-state index contributed by atoms with van der Waals surface area (Å²) in [7, 11) is 0. The zero-order valence-electron chi connectivity index (χ0n) is 20.1. The highest BCUT2D eigenvalue weighted by Crippen LogP contribution is 2.18. The Balaban J connectivity index is 1.95. The quantitative estimate of drug-likeness (QED) is 0.405. The van der Waals surface area contributed by atoms with Crippen molar-refractivity contribution in [2.24, 2.45) is 0 Å². The third-order valence-corrected chi connectivity index (χ3v) is 6.27. The fourth-order valence-electron chi connectivity index (χ4n) is 3.76. The molecule has 34 heavy (non-hydrogen) atoms. The first-order valence-corrected chi connectivity index (χ1v) is 12.2. The Kier molecular flexibility index (Phi) is 9.29. The molecule has 0 saturated carbocycles. The van der Waals surface area contributed by atoms with Crippen LogP contribution >= 0.6 is 11.6 Å². The van der Waals surface area contributed by atoms with E-state index >= 15 is 0 Å². The molecule has 0 bridgehead atoms. The molecule has 178 valence electrons. The highest BCUT2D eigenvalue weighted by Gasteiger charge is 2.31. The van der Waals surface area contributed by atoms with Crippen LogP contribution in [0.4, 0.5) is 0 Å². The molecule has 0 unspecified atom stereocenters. The minimum Gasteiger partial charge on any atom is -0.352 e. The molecule has 0 aliphatic heterocycles. The minimum atomic E-state index is -0.627. The molecule has 0 saturated heterocycles. The van der Waals surface area contributed by atoms with E-state index in [1.807, 2.05) is 87.5 Å². The van der Waals surface area contributed by atoms with E-state index in [-0.39, 0.29) is 24.3 Å². The van der Waals surface area contributed by atoms with Crippen LogP contribution < -0.4 is 5.32 Å². The maximum atomic E-state index is 13.7. The Labute approximate surface area is 207 Å². The van der Waals surface area contributed by atoms with E-state index in [1.165, 1.54) is 0 Å². The van der Waals surface area contributed by atoms with Gasteiger partial charge in [-0.3, -0.25) is 9.59 Å². The summed E-state index contributed by atoms with van der Waals surface area (Å²) in [5, 5.41) is 3.73. The predicted molar refractivity (Wildman–Crippen MR) is 139 cm³/mol. The Morgan fingerprint density at radius 2 is 1.50 bits per heavy atom. The Hall–Kier alpha value is -3.11. The van der Waals surface area contributed by atoms with Gasteiger partial charge in [0.2, 0.25) is 11.8 Å². The molecule has 3 aromatic carbocycles. The molecule has 0 radical (unpaired) electrons. The largest absolute Gasteiger partial charge is 0.352 e. The van der Waals surface area contributed by atoms with E-state index in [4.69, 9.17) is 11.6 Å². The number of hydrogen-bond acceptors (Lipinski definition) is 2. The van der Waals surface area contributed by atoms with Crippen molar-refractivity contribution in [2.45, 2.75) is 58.7 Å². The molecule has 5 heteroatoms. The van der Waals surface area contributed by atoms with Gasteiger partial charge >= 0.3 is 0 Å². The Bertz CT molecular complexity index is 1070. The molecule has 2 amide bonds. The zero-order chi connectivity index (χ0) is 24.5. The van der Waals surface area contributed by atoms with Crippen molar-refractivity contribution in [3.8, 4) is 0 Å². The number of benzene rings is 3. The number of aryl methyl sites for hydroxylation is 1. The lowest BCUT2D eigenvalue weighted by Crippen LogP contribution is -2.52. The van der Waals surface area contributed by atoms with E-state index in [2.05, 4.69) is 5.32 Å². The van der Waals surface area contributed by atoms with Gasteiger partial charge in [-0.05, 0) is 49.1 Å². The smallest absolute Gasteiger partial charge is 0.243 e. The summed E-state index contributed by atoms with van der Waals surface area (Å²) in [6, 6.07) is 24.6. The molecule has 1 N–H and O–H groups in total. The van der Waals surface area contributed by atoms with Crippen LogP contribution in [-0.4, -0.2) is 28.8 Å². The van der Waals surface area contributed by atoms with E-state index in [0.29, 0.717) is 18.0 Å². The van der Waals surface area contributed by atoms with Crippen LogP contribution in [0.15, 0.2) is 78.9 Å². The van der Waals surface area contributed by atoms with Gasteiger partial charge in [-0.1, -0.05) is 90.8 Å². The summed E-state index contributed by atoms with van der Waals surface area (Å²) in [6.07, 6.45) is 1.47. The van der Waals surface area contributed by atoms with Crippen LogP contribution in [0.3, 0.4) is 0 Å². The molecule has 0 aliphatic carbocycles. The van der Waals surface area contributed by atoms with Crippen LogP contribution in [0.5, 0.6) is 0 Å². The normalized spacial score (nSPS) is 12.6. The summed E-state index contributed by atoms with van der Waals surface area (Å²) in [6.45, 7) is 6.41. The lowest BCUT2D eigenvalue weighted by Gasteiger charge is -2.32. The van der Waals surface area contributed by atoms with Crippen molar-refractivity contribution in [2.75, 3.05) is 0 Å². The van der Waals surface area contributed by atoms with Gasteiger partial charge in [0.15, 0.2) is 0 Å². The van der Waals surface area contributed by atoms with Gasteiger partial charge in [-0.15, -0.1) is 0 Å². The molecule has 0 spiro atoms. The summed E-state index contributed by atoms with van der Waals surface area (Å²) in [5.74, 6) is -0.224. The maximum Gasteiger partial charge on any atom is 0.243 e. The number of nitrogens with zero attached hydrogens (tertiary/aromatic N) is 1. The fourth-order valence-corrected chi connectivity index (χ4v) is 3.89. The monoisotopic (exact) mass is 476 g/mol. The molecule has 0 aliphatic rings. The van der Waals surface area contributed by atoms with Crippen LogP contribution in [0.25, 0.3) is 0 Å². The van der Waals surface area contributed by atoms with Crippen molar-refractivity contribution in [1.82, 2.24) is 10.2 Å². The molecule has 0 aromatic heterocycles. The Morgan fingerprint density at radius 3 is 2.12 bits per heavy atom. The average molecular weight is 477 g/mol. The highest BCUT2D eigenvalue weighted by atomic mass is 35.5. The van der Waals surface area contributed by atoms with E-state index < -0.39 is 6.04 Å². The molecule has 3 rings (SSSR count). The third-order valence-electron chi connectivity index (χ3n) is 6.01. The van der Waals surface area contributed by atoms with Crippen molar-refractivity contribution in [3.63, 3.8) is 0 Å². The zero-order valence-corrected chi connectivity index (χ0v) is 20.9. The number of halogens is 1. The molecular weight excluding hydrogens is 444 g/mol. The van der Waals surface area contributed by atoms with Gasteiger partial charge < -0.3 is 10.2 Å². The second-order valence-corrected chi connectivity index (χ2v) is 9.27. The maximum absolute atomic E-state index is 13.7. The number of rotatable bonds is 10. The number of carbonyl (C=O) groups excluding carboxylic acids is 2. The van der Waals surface area contributed by atoms with Crippen LogP contribution in [0.2, 0.25) is 5.02 Å². The van der Waals surface area contributed by atoms with Gasteiger partial charge in [0.1, 0.15) is 6.04 Å². The SMILES string of the molecule is CC[C@H](C)NC(=O)[C@H](Cc1ccccc1)N(Cc1ccc(C)cc1)C(=O)Cc1ccc(Cl)cc1. The first kappa shape index (κ1) is 25.5. The first-order chi connectivity index (χ1) is 16.4. The van der Waals surface area contributed by atoms with Crippen LogP contribution in [0.1, 0.15) is 42.5 Å². The molecule has 0 heterocycles. The van der Waals surface area contributed by atoms with Crippen LogP contribution in [-0.2, 0) is 29.0 Å². The van der Waals surface area contributed by atoms with Gasteiger partial charge in [0, 0.05) is 24.0 Å². The minimum absolute atomic E-state index is 0.0263. The topological polar surface area (TPSA) is 49.4 Å². The van der Waals surface area contributed by atoms with Gasteiger partial charge in [-0.2, -0.15) is 0 Å². The number of nitrogens with one attached hydrogen (secondary N) is 1. The average Bonchev–Trinajstić information content (AvgIpc) is 2.84. The second kappa shape index (κ2) is 12.4. The van der Waals surface area contributed by atoms with E-state index in [1.54, 1.807) is 17.0 Å². The van der Waals surface area contributed by atoms with E-state index in [0.717, 1.165) is 28.7 Å². The van der Waals surface area contributed by atoms with Gasteiger partial charge in [0.25, 0.3) is 0 Å². The third kappa shape index (κ3) is 7.46. The van der Waals surface area contributed by atoms with Gasteiger partial charge in [-0.25, -0.2) is 0 Å². The number of amides is 2. The number of carbonyl (C=O) groups is 2. The fraction of sp³-hybridized carbons (Fsp3) is 0.310. The molecular formula is C29H33ClN2O2. The number of hydrogen-bond donors (Lipinski definition) is 1. The standard InChI is InChI=1S/C29H33ClN2O2/c1-4-22(3)31-29(34)27(18-23-8-6-5-7-9-23)32(20-25-12-10-21(2)11-13-25)28(33)19-24-14-16-26(30)17-15-24/h5-17,22,27H,4,18-20H2,1-3H3,(H,31,34)/t22-,27-/m0/s1. The summed E-state index contributed by atoms with van der Waals surface area (Å²) >= 11 is 6.03. The van der Waals surface area contributed by atoms with Crippen molar-refractivity contribution >= 4 is 23.4 Å². The molecule has 4 nitrogen and oxygen atoms in total. The molecule has 2 atom stereocenters. The highest BCUT2D eigenvalue weighted by molar-refractivity contribution is 6.30. The second-order valence-electron chi connectivity index (χ2n) is 8.83. The molecule has 3 aromatic rings. The molecule has 0 fully saturated rings.